The van der Waals surface area contributed by atoms with Crippen molar-refractivity contribution in [1.29, 1.82) is 0 Å². The lowest BCUT2D eigenvalue weighted by molar-refractivity contribution is -0.118. The number of hydrogen-bond acceptors (Lipinski definition) is 3. The number of nitrogens with one attached hydrogen (secondary N) is 2. The van der Waals surface area contributed by atoms with Crippen LogP contribution >= 0.6 is 24.0 Å². The Balaban J connectivity index is 3.05. The molecule has 0 bridgehead atoms. The number of rotatable bonds is 7. The molecule has 0 aromatic heterocycles. The van der Waals surface area contributed by atoms with Gasteiger partial charge in [-0.05, 0) is 19.1 Å². The van der Waals surface area contributed by atoms with E-state index in [0.29, 0.717) is 0 Å². The van der Waals surface area contributed by atoms with Crippen LogP contribution < -0.4 is 10.6 Å². The van der Waals surface area contributed by atoms with E-state index in [0.717, 1.165) is 36.7 Å². The Morgan fingerprint density at radius 3 is 2.13 bits per heavy atom. The Labute approximate surface area is 102 Å². The van der Waals surface area contributed by atoms with E-state index in [9.17, 15) is 4.79 Å². The van der Waals surface area contributed by atoms with E-state index in [-0.39, 0.29) is 5.91 Å². The average Bonchev–Trinajstić information content (AvgIpc) is 2.21. The van der Waals surface area contributed by atoms with E-state index in [1.54, 1.807) is 18.7 Å². The van der Waals surface area contributed by atoms with Gasteiger partial charge >= 0.3 is 0 Å². The summed E-state index contributed by atoms with van der Waals surface area (Å²) in [6.07, 6.45) is 6.52. The van der Waals surface area contributed by atoms with Crippen molar-refractivity contribution in [3.8, 4) is 0 Å². The zero-order chi connectivity index (χ0) is 11.5. The summed E-state index contributed by atoms with van der Waals surface area (Å²) >= 11 is 6.58. The Morgan fingerprint density at radius 2 is 1.67 bits per heavy atom. The van der Waals surface area contributed by atoms with E-state index in [1.807, 2.05) is 6.26 Å². The molecule has 0 atom stereocenters. The monoisotopic (exact) mass is 248 g/mol. The van der Waals surface area contributed by atoms with Gasteiger partial charge in [0, 0.05) is 20.0 Å². The van der Waals surface area contributed by atoms with Gasteiger partial charge in [-0.2, -0.15) is 0 Å². The lowest BCUT2D eigenvalue weighted by Gasteiger charge is -2.05. The van der Waals surface area contributed by atoms with Gasteiger partial charge in [0.25, 0.3) is 0 Å². The fraction of sp³-hybridized carbons (Fsp3) is 0.800. The molecule has 0 radical (unpaired) electrons. The van der Waals surface area contributed by atoms with Gasteiger partial charge < -0.3 is 10.6 Å². The molecular formula is C10H20N2OS2. The molecule has 1 amide bonds. The average molecular weight is 248 g/mol. The lowest BCUT2D eigenvalue weighted by Crippen LogP contribution is -2.21. The van der Waals surface area contributed by atoms with Gasteiger partial charge in [-0.25, -0.2) is 0 Å². The summed E-state index contributed by atoms with van der Waals surface area (Å²) in [6, 6.07) is 0. The van der Waals surface area contributed by atoms with E-state index in [1.165, 1.54) is 6.42 Å². The summed E-state index contributed by atoms with van der Waals surface area (Å²) in [7, 11) is 0. The molecule has 0 aliphatic carbocycles. The quantitative estimate of drug-likeness (QED) is 0.533. The normalized spacial score (nSPS) is 9.73. The molecule has 88 valence electrons. The number of hydrogen-bond donors (Lipinski definition) is 2. The lowest BCUT2D eigenvalue weighted by atomic mass is 10.2. The molecule has 0 aliphatic heterocycles. The summed E-state index contributed by atoms with van der Waals surface area (Å²) in [6.45, 7) is 3.30. The van der Waals surface area contributed by atoms with Crippen LogP contribution in [0.1, 0.15) is 32.6 Å². The minimum absolute atomic E-state index is 0.0574. The standard InChI is InChI=1S/C10H20N2OS2/c1-9(13)11-7-5-3-4-6-8-12-10(14)15-2/h3-8H2,1-2H3,(H,11,13)(H,12,14). The van der Waals surface area contributed by atoms with Gasteiger partial charge in [0.1, 0.15) is 4.32 Å². The molecule has 0 fully saturated rings. The molecule has 3 nitrogen and oxygen atoms in total. The number of thiocarbonyl (C=S) groups is 1. The van der Waals surface area contributed by atoms with E-state index in [4.69, 9.17) is 12.2 Å². The second kappa shape index (κ2) is 10.2. The molecule has 2 N–H and O–H groups in total. The number of carbonyl (C=O) groups is 1. The highest BCUT2D eigenvalue weighted by molar-refractivity contribution is 8.22. The molecule has 0 aromatic rings. The molecular weight excluding hydrogens is 228 g/mol. The van der Waals surface area contributed by atoms with Gasteiger partial charge in [-0.15, -0.1) is 11.8 Å². The maximum absolute atomic E-state index is 10.5. The van der Waals surface area contributed by atoms with Gasteiger partial charge in [-0.3, -0.25) is 4.79 Å². The van der Waals surface area contributed by atoms with Crippen molar-refractivity contribution in [2.24, 2.45) is 0 Å². The summed E-state index contributed by atoms with van der Waals surface area (Å²) < 4.78 is 0.869. The fourth-order valence-corrected chi connectivity index (χ4v) is 1.48. The van der Waals surface area contributed by atoms with Crippen molar-refractivity contribution in [2.75, 3.05) is 19.3 Å². The first-order chi connectivity index (χ1) is 7.16. The van der Waals surface area contributed by atoms with Gasteiger partial charge in [0.05, 0.1) is 0 Å². The third-order valence-corrected chi connectivity index (χ3v) is 3.09. The van der Waals surface area contributed by atoms with E-state index >= 15 is 0 Å². The van der Waals surface area contributed by atoms with Crippen molar-refractivity contribution in [1.82, 2.24) is 10.6 Å². The third kappa shape index (κ3) is 11.6. The van der Waals surface area contributed by atoms with Crippen LogP contribution in [0.15, 0.2) is 0 Å². The predicted octanol–water partition coefficient (Wildman–Crippen LogP) is 1.92. The second-order valence-electron chi connectivity index (χ2n) is 3.32. The highest BCUT2D eigenvalue weighted by atomic mass is 32.2. The van der Waals surface area contributed by atoms with Gasteiger partial charge in [0.15, 0.2) is 0 Å². The van der Waals surface area contributed by atoms with Crippen LogP contribution in [-0.2, 0) is 4.79 Å². The first kappa shape index (κ1) is 14.7. The highest BCUT2D eigenvalue weighted by Gasteiger charge is 1.93. The molecule has 0 unspecified atom stereocenters. The molecule has 15 heavy (non-hydrogen) atoms. The van der Waals surface area contributed by atoms with Crippen LogP contribution in [0.3, 0.4) is 0 Å². The molecule has 0 rings (SSSR count). The highest BCUT2D eigenvalue weighted by Crippen LogP contribution is 1.99. The van der Waals surface area contributed by atoms with E-state index < -0.39 is 0 Å². The van der Waals surface area contributed by atoms with Crippen LogP contribution in [0.4, 0.5) is 0 Å². The van der Waals surface area contributed by atoms with Crippen molar-refractivity contribution in [3.63, 3.8) is 0 Å². The van der Waals surface area contributed by atoms with Crippen LogP contribution in [-0.4, -0.2) is 29.6 Å². The Hall–Kier alpha value is -0.290. The molecule has 0 heterocycles. The largest absolute Gasteiger partial charge is 0.371 e. The van der Waals surface area contributed by atoms with Crippen molar-refractivity contribution >= 4 is 34.2 Å². The molecule has 0 spiro atoms. The predicted molar refractivity (Wildman–Crippen MR) is 71.3 cm³/mol. The zero-order valence-electron chi connectivity index (χ0n) is 9.47. The first-order valence-corrected chi connectivity index (χ1v) is 6.86. The van der Waals surface area contributed by atoms with Crippen LogP contribution in [0, 0.1) is 0 Å². The van der Waals surface area contributed by atoms with Gasteiger partial charge in [0.2, 0.25) is 5.91 Å². The minimum atomic E-state index is 0.0574. The summed E-state index contributed by atoms with van der Waals surface area (Å²) in [4.78, 5) is 10.5. The smallest absolute Gasteiger partial charge is 0.216 e. The van der Waals surface area contributed by atoms with Crippen molar-refractivity contribution in [2.45, 2.75) is 32.6 Å². The van der Waals surface area contributed by atoms with Crippen LogP contribution in [0.5, 0.6) is 0 Å². The summed E-state index contributed by atoms with van der Waals surface area (Å²) in [5, 5.41) is 5.95. The zero-order valence-corrected chi connectivity index (χ0v) is 11.1. The van der Waals surface area contributed by atoms with Gasteiger partial charge in [-0.1, -0.05) is 25.1 Å². The number of amides is 1. The number of unbranched alkanes of at least 4 members (excludes halogenated alkanes) is 3. The number of carbonyl (C=O) groups excluding carboxylic acids is 1. The van der Waals surface area contributed by atoms with Crippen molar-refractivity contribution < 1.29 is 4.79 Å². The Bertz CT molecular complexity index is 198. The molecule has 5 heteroatoms. The molecule has 0 saturated heterocycles. The maximum Gasteiger partial charge on any atom is 0.216 e. The van der Waals surface area contributed by atoms with Crippen LogP contribution in [0.25, 0.3) is 0 Å². The van der Waals surface area contributed by atoms with Crippen LogP contribution in [0.2, 0.25) is 0 Å². The maximum atomic E-state index is 10.5. The second-order valence-corrected chi connectivity index (χ2v) is 4.80. The minimum Gasteiger partial charge on any atom is -0.371 e. The van der Waals surface area contributed by atoms with Crippen molar-refractivity contribution in [3.05, 3.63) is 0 Å². The molecule has 0 saturated carbocycles. The SMILES string of the molecule is CSC(=S)NCCCCCCNC(C)=O. The Morgan fingerprint density at radius 1 is 1.13 bits per heavy atom. The first-order valence-electron chi connectivity index (χ1n) is 5.23. The van der Waals surface area contributed by atoms with E-state index in [2.05, 4.69) is 10.6 Å². The molecule has 0 aromatic carbocycles. The third-order valence-electron chi connectivity index (χ3n) is 1.93. The summed E-state index contributed by atoms with van der Waals surface area (Å²) in [5.41, 5.74) is 0. The fourth-order valence-electron chi connectivity index (χ4n) is 1.13. The Kier molecular flexibility index (Phi) is 10.0. The number of thioether (sulfide) groups is 1. The topological polar surface area (TPSA) is 41.1 Å². The molecule has 0 aliphatic rings. The summed E-state index contributed by atoms with van der Waals surface area (Å²) in [5.74, 6) is 0.0574.